The molecule has 3 aliphatic rings. The van der Waals surface area contributed by atoms with E-state index in [2.05, 4.69) is 26.3 Å². The summed E-state index contributed by atoms with van der Waals surface area (Å²) >= 11 is 1.51. The summed E-state index contributed by atoms with van der Waals surface area (Å²) in [5, 5.41) is 14.2. The SMILES string of the molecule is O=C1CCC(N2Cc3c(NC(=O)CCOCCOCCOCCNC(=O)C4(Cc5cccc(Nc6nccs6)n5)CCCCC4)cccc3C2=O)C(=O)N1. The molecule has 0 bridgehead atoms. The number of benzene rings is 1. The van der Waals surface area contributed by atoms with E-state index in [-0.39, 0.29) is 56.0 Å². The fraction of sp³-hybridized carbons (Fsp3) is 0.500. The Kier molecular flexibility index (Phi) is 13.7. The number of nitrogens with one attached hydrogen (secondary N) is 4. The average Bonchev–Trinajstić information content (AvgIpc) is 3.80. The zero-order chi connectivity index (χ0) is 37.8. The van der Waals surface area contributed by atoms with Gasteiger partial charge in [0, 0.05) is 60.0 Å². The smallest absolute Gasteiger partial charge is 0.255 e. The van der Waals surface area contributed by atoms with Crippen LogP contribution >= 0.6 is 11.3 Å². The van der Waals surface area contributed by atoms with Crippen molar-refractivity contribution in [2.75, 3.05) is 56.8 Å². The number of carbonyl (C=O) groups is 5. The van der Waals surface area contributed by atoms with Crippen LogP contribution in [0.5, 0.6) is 0 Å². The number of ether oxygens (including phenoxy) is 3. The second kappa shape index (κ2) is 19.0. The van der Waals surface area contributed by atoms with Crippen molar-refractivity contribution in [1.82, 2.24) is 25.5 Å². The zero-order valence-corrected chi connectivity index (χ0v) is 31.0. The van der Waals surface area contributed by atoms with Gasteiger partial charge >= 0.3 is 0 Å². The standard InChI is InChI=1S/C38H47N7O8S/c46-32-11-10-30(34(48)44-32)45-25-28-27(35(45)49)7-5-8-29(28)42-33(47)12-17-51-19-21-53-22-20-52-18-15-39-36(50)38(13-2-1-3-14-38)24-26-6-4-9-31(41-26)43-37-40-16-23-54-37/h4-9,16,23,30H,1-3,10-15,17-22,24-25H2,(H,39,50)(H,42,47)(H,40,41,43)(H,44,46,48). The Morgan fingerprint density at radius 3 is 2.46 bits per heavy atom. The number of piperidine rings is 1. The van der Waals surface area contributed by atoms with Crippen LogP contribution in [0.25, 0.3) is 0 Å². The van der Waals surface area contributed by atoms with Crippen LogP contribution in [-0.2, 0) is 46.4 Å². The first-order valence-electron chi connectivity index (χ1n) is 18.5. The summed E-state index contributed by atoms with van der Waals surface area (Å²) in [6, 6.07) is 10.2. The summed E-state index contributed by atoms with van der Waals surface area (Å²) in [7, 11) is 0. The van der Waals surface area contributed by atoms with Gasteiger partial charge in [0.15, 0.2) is 5.13 Å². The van der Waals surface area contributed by atoms with Crippen LogP contribution < -0.4 is 21.3 Å². The average molecular weight is 762 g/mol. The minimum atomic E-state index is -0.725. The minimum absolute atomic E-state index is 0.0483. The van der Waals surface area contributed by atoms with Crippen LogP contribution in [0.15, 0.2) is 48.0 Å². The molecule has 1 atom stereocenters. The molecule has 1 unspecified atom stereocenters. The van der Waals surface area contributed by atoms with Gasteiger partial charge in [-0.1, -0.05) is 31.4 Å². The maximum atomic E-state index is 13.5. The number of rotatable bonds is 19. The maximum absolute atomic E-state index is 13.5. The van der Waals surface area contributed by atoms with Gasteiger partial charge in [-0.2, -0.15) is 0 Å². The fourth-order valence-corrected chi connectivity index (χ4v) is 7.68. The number of hydrogen-bond acceptors (Lipinski definition) is 12. The molecule has 5 amide bonds. The van der Waals surface area contributed by atoms with E-state index in [1.165, 1.54) is 16.2 Å². The Bertz CT molecular complexity index is 1780. The molecule has 15 nitrogen and oxygen atoms in total. The molecule has 1 saturated heterocycles. The molecule has 3 aromatic rings. The zero-order valence-electron chi connectivity index (χ0n) is 30.2. The number of fused-ring (bicyclic) bond motifs is 1. The number of aromatic nitrogens is 2. The van der Waals surface area contributed by atoms with Crippen LogP contribution in [0.2, 0.25) is 0 Å². The Morgan fingerprint density at radius 1 is 0.944 bits per heavy atom. The van der Waals surface area contributed by atoms with E-state index in [1.54, 1.807) is 24.4 Å². The van der Waals surface area contributed by atoms with Gasteiger partial charge in [0.25, 0.3) is 5.91 Å². The molecule has 6 rings (SSSR count). The monoisotopic (exact) mass is 761 g/mol. The second-order valence-electron chi connectivity index (χ2n) is 13.6. The van der Waals surface area contributed by atoms with Gasteiger partial charge in [-0.25, -0.2) is 9.97 Å². The van der Waals surface area contributed by atoms with E-state index in [4.69, 9.17) is 19.2 Å². The summed E-state index contributed by atoms with van der Waals surface area (Å²) in [5.74, 6) is -0.627. The van der Waals surface area contributed by atoms with E-state index in [0.717, 1.165) is 42.9 Å². The van der Waals surface area contributed by atoms with E-state index in [0.29, 0.717) is 68.6 Å². The predicted molar refractivity (Wildman–Crippen MR) is 200 cm³/mol. The van der Waals surface area contributed by atoms with Gasteiger partial charge in [0.2, 0.25) is 23.6 Å². The topological polar surface area (TPSA) is 190 Å². The molecule has 2 aromatic heterocycles. The highest BCUT2D eigenvalue weighted by molar-refractivity contribution is 7.13. The van der Waals surface area contributed by atoms with Crippen LogP contribution in [0.1, 0.15) is 73.0 Å². The van der Waals surface area contributed by atoms with Gasteiger partial charge in [-0.05, 0) is 43.5 Å². The molecule has 4 N–H and O–H groups in total. The third-order valence-corrected chi connectivity index (χ3v) is 10.6. The number of pyridine rings is 1. The molecular formula is C38H47N7O8S. The summed E-state index contributed by atoms with van der Waals surface area (Å²) in [5.41, 5.74) is 1.97. The molecule has 0 spiro atoms. The molecule has 2 aliphatic heterocycles. The first-order chi connectivity index (χ1) is 26.3. The highest BCUT2D eigenvalue weighted by Crippen LogP contribution is 2.39. The second-order valence-corrected chi connectivity index (χ2v) is 14.5. The third-order valence-electron chi connectivity index (χ3n) is 9.89. The van der Waals surface area contributed by atoms with Crippen molar-refractivity contribution in [2.24, 2.45) is 5.41 Å². The highest BCUT2D eigenvalue weighted by Gasteiger charge is 2.41. The fourth-order valence-electron chi connectivity index (χ4n) is 7.15. The number of amides is 5. The molecule has 1 aliphatic carbocycles. The first-order valence-corrected chi connectivity index (χ1v) is 19.4. The molecule has 16 heteroatoms. The summed E-state index contributed by atoms with van der Waals surface area (Å²) in [6.45, 7) is 2.52. The van der Waals surface area contributed by atoms with E-state index in [1.807, 2.05) is 23.6 Å². The van der Waals surface area contributed by atoms with Crippen molar-refractivity contribution >= 4 is 57.5 Å². The molecule has 4 heterocycles. The van der Waals surface area contributed by atoms with E-state index < -0.39 is 17.4 Å². The lowest BCUT2D eigenvalue weighted by Crippen LogP contribution is -2.52. The van der Waals surface area contributed by atoms with Crippen LogP contribution in [0.3, 0.4) is 0 Å². The number of hydrogen-bond donors (Lipinski definition) is 4. The van der Waals surface area contributed by atoms with E-state index in [9.17, 15) is 24.0 Å². The lowest BCUT2D eigenvalue weighted by atomic mass is 9.70. The van der Waals surface area contributed by atoms with Crippen molar-refractivity contribution < 1.29 is 38.2 Å². The Labute approximate surface area is 317 Å². The molecular weight excluding hydrogens is 715 g/mol. The Balaban J connectivity index is 0.819. The molecule has 54 heavy (non-hydrogen) atoms. The van der Waals surface area contributed by atoms with Crippen LogP contribution in [0, 0.1) is 5.41 Å². The lowest BCUT2D eigenvalue weighted by Gasteiger charge is -2.35. The Morgan fingerprint density at radius 2 is 1.70 bits per heavy atom. The number of carbonyl (C=O) groups excluding carboxylic acids is 5. The minimum Gasteiger partial charge on any atom is -0.379 e. The largest absolute Gasteiger partial charge is 0.379 e. The predicted octanol–water partition coefficient (Wildman–Crippen LogP) is 3.73. The van der Waals surface area contributed by atoms with Crippen LogP contribution in [0.4, 0.5) is 16.6 Å². The normalized spacial score (nSPS) is 17.9. The summed E-state index contributed by atoms with van der Waals surface area (Å²) < 4.78 is 16.8. The quantitative estimate of drug-likeness (QED) is 0.103. The molecule has 1 saturated carbocycles. The molecule has 1 aromatic carbocycles. The van der Waals surface area contributed by atoms with Crippen molar-refractivity contribution in [3.8, 4) is 0 Å². The summed E-state index contributed by atoms with van der Waals surface area (Å²) in [6.07, 6.45) is 7.70. The van der Waals surface area contributed by atoms with Gasteiger partial charge in [-0.3, -0.25) is 29.3 Å². The van der Waals surface area contributed by atoms with E-state index >= 15 is 0 Å². The molecule has 288 valence electrons. The lowest BCUT2D eigenvalue weighted by molar-refractivity contribution is -0.137. The maximum Gasteiger partial charge on any atom is 0.255 e. The van der Waals surface area contributed by atoms with Gasteiger partial charge in [0.05, 0.1) is 51.5 Å². The number of thiazole rings is 1. The Hall–Kier alpha value is -4.77. The van der Waals surface area contributed by atoms with Crippen molar-refractivity contribution in [3.63, 3.8) is 0 Å². The van der Waals surface area contributed by atoms with Gasteiger partial charge in [0.1, 0.15) is 11.9 Å². The number of nitrogens with zero attached hydrogens (tertiary/aromatic N) is 3. The van der Waals surface area contributed by atoms with Crippen molar-refractivity contribution in [2.45, 2.75) is 70.4 Å². The third kappa shape index (κ3) is 10.3. The number of anilines is 3. The number of imide groups is 1. The summed E-state index contributed by atoms with van der Waals surface area (Å²) in [4.78, 5) is 73.5. The van der Waals surface area contributed by atoms with Gasteiger partial charge < -0.3 is 35.1 Å². The van der Waals surface area contributed by atoms with Crippen LogP contribution in [-0.4, -0.2) is 96.6 Å². The van der Waals surface area contributed by atoms with Crippen molar-refractivity contribution in [3.05, 3.63) is 64.8 Å². The highest BCUT2D eigenvalue weighted by atomic mass is 32.1. The van der Waals surface area contributed by atoms with Gasteiger partial charge in [-0.15, -0.1) is 11.3 Å². The van der Waals surface area contributed by atoms with Crippen molar-refractivity contribution in [1.29, 1.82) is 0 Å². The molecule has 0 radical (unpaired) electrons. The first kappa shape index (κ1) is 38.9. The molecule has 2 fully saturated rings.